The van der Waals surface area contributed by atoms with Gasteiger partial charge in [-0.25, -0.2) is 0 Å². The molecule has 1 unspecified atom stereocenters. The summed E-state index contributed by atoms with van der Waals surface area (Å²) < 4.78 is 0. The first kappa shape index (κ1) is 11.5. The van der Waals surface area contributed by atoms with Crippen molar-refractivity contribution in [2.75, 3.05) is 19.3 Å². The van der Waals surface area contributed by atoms with Gasteiger partial charge in [0.1, 0.15) is 0 Å². The van der Waals surface area contributed by atoms with Crippen molar-refractivity contribution < 1.29 is 0 Å². The molecule has 3 rings (SSSR count). The third-order valence-corrected chi connectivity index (χ3v) is 4.07. The monoisotopic (exact) mass is 240 g/mol. The number of nitrogen functional groups attached to an aromatic ring is 1. The zero-order valence-corrected chi connectivity index (χ0v) is 10.9. The lowest BCUT2D eigenvalue weighted by Gasteiger charge is -2.33. The lowest BCUT2D eigenvalue weighted by molar-refractivity contribution is 0.188. The Balaban J connectivity index is 2.12. The maximum Gasteiger partial charge on any atom is 0.0351 e. The van der Waals surface area contributed by atoms with Gasteiger partial charge in [0.05, 0.1) is 0 Å². The molecule has 0 bridgehead atoms. The number of hydrogen-bond donors (Lipinski definition) is 1. The van der Waals surface area contributed by atoms with Crippen LogP contribution < -0.4 is 5.73 Å². The molecule has 2 N–H and O–H groups in total. The molecular formula is C16H20N2. The van der Waals surface area contributed by atoms with E-state index in [0.717, 1.165) is 5.69 Å². The zero-order valence-electron chi connectivity index (χ0n) is 10.9. The van der Waals surface area contributed by atoms with Crippen LogP contribution in [0.3, 0.4) is 0 Å². The average Bonchev–Trinajstić information content (AvgIpc) is 2.39. The van der Waals surface area contributed by atoms with Gasteiger partial charge in [-0.1, -0.05) is 30.7 Å². The van der Waals surface area contributed by atoms with E-state index in [0.29, 0.717) is 6.04 Å². The minimum absolute atomic E-state index is 0.546. The highest BCUT2D eigenvalue weighted by molar-refractivity contribution is 5.88. The minimum atomic E-state index is 0.546. The van der Waals surface area contributed by atoms with Gasteiger partial charge in [0.2, 0.25) is 0 Å². The number of anilines is 1. The van der Waals surface area contributed by atoms with Crippen LogP contribution in [0.1, 0.15) is 30.9 Å². The average molecular weight is 240 g/mol. The Labute approximate surface area is 108 Å². The number of likely N-dealkylation sites (tertiary alicyclic amines) is 1. The van der Waals surface area contributed by atoms with Gasteiger partial charge < -0.3 is 5.73 Å². The van der Waals surface area contributed by atoms with Crippen molar-refractivity contribution in [2.45, 2.75) is 25.3 Å². The second-order valence-electron chi connectivity index (χ2n) is 5.32. The molecule has 1 atom stereocenters. The predicted molar refractivity (Wildman–Crippen MR) is 77.6 cm³/mol. The first-order valence-electron chi connectivity index (χ1n) is 6.74. The van der Waals surface area contributed by atoms with E-state index in [9.17, 15) is 0 Å². The van der Waals surface area contributed by atoms with Gasteiger partial charge >= 0.3 is 0 Å². The Morgan fingerprint density at radius 2 is 2.06 bits per heavy atom. The number of piperidine rings is 1. The second-order valence-corrected chi connectivity index (χ2v) is 5.32. The third-order valence-electron chi connectivity index (χ3n) is 4.07. The summed E-state index contributed by atoms with van der Waals surface area (Å²) in [5.41, 5.74) is 8.23. The summed E-state index contributed by atoms with van der Waals surface area (Å²) in [6.45, 7) is 1.20. The van der Waals surface area contributed by atoms with E-state index in [1.165, 1.54) is 42.1 Å². The molecule has 1 heterocycles. The molecule has 2 aromatic rings. The molecule has 0 aromatic heterocycles. The van der Waals surface area contributed by atoms with Gasteiger partial charge in [-0.15, -0.1) is 0 Å². The van der Waals surface area contributed by atoms with Crippen LogP contribution in [0.2, 0.25) is 0 Å². The first-order valence-corrected chi connectivity index (χ1v) is 6.74. The van der Waals surface area contributed by atoms with Crippen LogP contribution in [0.5, 0.6) is 0 Å². The highest BCUT2D eigenvalue weighted by atomic mass is 15.1. The maximum absolute atomic E-state index is 5.94. The Morgan fingerprint density at radius 1 is 1.17 bits per heavy atom. The van der Waals surface area contributed by atoms with Crippen LogP contribution in [0.25, 0.3) is 10.8 Å². The number of nitrogens with zero attached hydrogens (tertiary/aromatic N) is 1. The van der Waals surface area contributed by atoms with Crippen molar-refractivity contribution in [3.63, 3.8) is 0 Å². The molecule has 0 aliphatic carbocycles. The summed E-state index contributed by atoms with van der Waals surface area (Å²) in [7, 11) is 2.23. The molecule has 94 valence electrons. The predicted octanol–water partition coefficient (Wildman–Crippen LogP) is 3.58. The highest BCUT2D eigenvalue weighted by Crippen LogP contribution is 2.34. The molecule has 1 aliphatic rings. The minimum Gasteiger partial charge on any atom is -0.399 e. The van der Waals surface area contributed by atoms with E-state index in [4.69, 9.17) is 5.73 Å². The van der Waals surface area contributed by atoms with Crippen molar-refractivity contribution in [1.29, 1.82) is 0 Å². The molecule has 1 aliphatic heterocycles. The van der Waals surface area contributed by atoms with E-state index < -0.39 is 0 Å². The topological polar surface area (TPSA) is 29.3 Å². The van der Waals surface area contributed by atoms with Gasteiger partial charge in [0.15, 0.2) is 0 Å². The van der Waals surface area contributed by atoms with Gasteiger partial charge in [-0.05, 0) is 54.9 Å². The molecule has 0 spiro atoms. The molecule has 1 fully saturated rings. The van der Waals surface area contributed by atoms with Crippen molar-refractivity contribution in [2.24, 2.45) is 0 Å². The van der Waals surface area contributed by atoms with Gasteiger partial charge in [0, 0.05) is 11.7 Å². The van der Waals surface area contributed by atoms with Gasteiger partial charge in [-0.2, -0.15) is 0 Å². The summed E-state index contributed by atoms with van der Waals surface area (Å²) in [6.07, 6.45) is 3.90. The first-order chi connectivity index (χ1) is 8.75. The van der Waals surface area contributed by atoms with E-state index in [2.05, 4.69) is 42.3 Å². The third kappa shape index (κ3) is 1.97. The Kier molecular flexibility index (Phi) is 2.96. The molecule has 2 heteroatoms. The van der Waals surface area contributed by atoms with Crippen LogP contribution >= 0.6 is 0 Å². The summed E-state index contributed by atoms with van der Waals surface area (Å²) in [4.78, 5) is 2.47. The number of fused-ring (bicyclic) bond motifs is 1. The fourth-order valence-electron chi connectivity index (χ4n) is 3.07. The SMILES string of the molecule is CN1CCCCC1c1cccc2ccc(N)cc12. The Hall–Kier alpha value is -1.54. The van der Waals surface area contributed by atoms with Crippen LogP contribution in [0.15, 0.2) is 36.4 Å². The van der Waals surface area contributed by atoms with Crippen molar-refractivity contribution in [3.05, 3.63) is 42.0 Å². The van der Waals surface area contributed by atoms with E-state index in [1.807, 2.05) is 6.07 Å². The summed E-state index contributed by atoms with van der Waals surface area (Å²) in [6, 6.07) is 13.4. The normalized spacial score (nSPS) is 21.3. The Morgan fingerprint density at radius 3 is 2.89 bits per heavy atom. The van der Waals surface area contributed by atoms with Gasteiger partial charge in [-0.3, -0.25) is 4.90 Å². The molecule has 0 saturated carbocycles. The van der Waals surface area contributed by atoms with Crippen LogP contribution in [0, 0.1) is 0 Å². The fourth-order valence-corrected chi connectivity index (χ4v) is 3.07. The summed E-state index contributed by atoms with van der Waals surface area (Å²) in [5.74, 6) is 0. The molecular weight excluding hydrogens is 220 g/mol. The molecule has 0 amide bonds. The molecule has 0 radical (unpaired) electrons. The number of nitrogens with two attached hydrogens (primary N) is 1. The van der Waals surface area contributed by atoms with Gasteiger partial charge in [0.25, 0.3) is 0 Å². The summed E-state index contributed by atoms with van der Waals surface area (Å²) in [5, 5.41) is 2.61. The van der Waals surface area contributed by atoms with Crippen LogP contribution in [-0.2, 0) is 0 Å². The largest absolute Gasteiger partial charge is 0.399 e. The Bertz CT molecular complexity index is 562. The molecule has 2 aromatic carbocycles. The highest BCUT2D eigenvalue weighted by Gasteiger charge is 2.21. The molecule has 18 heavy (non-hydrogen) atoms. The van der Waals surface area contributed by atoms with Crippen molar-refractivity contribution in [1.82, 2.24) is 4.90 Å². The van der Waals surface area contributed by atoms with Crippen molar-refractivity contribution in [3.8, 4) is 0 Å². The second kappa shape index (κ2) is 4.62. The zero-order chi connectivity index (χ0) is 12.5. The lowest BCUT2D eigenvalue weighted by atomic mass is 9.91. The van der Waals surface area contributed by atoms with Crippen molar-refractivity contribution >= 4 is 16.5 Å². The van der Waals surface area contributed by atoms with E-state index in [-0.39, 0.29) is 0 Å². The quantitative estimate of drug-likeness (QED) is 0.772. The fraction of sp³-hybridized carbons (Fsp3) is 0.375. The maximum atomic E-state index is 5.94. The standard InChI is InChI=1S/C16H20N2/c1-18-10-3-2-7-16(18)14-6-4-5-12-8-9-13(17)11-15(12)14/h4-6,8-9,11,16H,2-3,7,10,17H2,1H3. The number of benzene rings is 2. The number of hydrogen-bond acceptors (Lipinski definition) is 2. The van der Waals surface area contributed by atoms with E-state index >= 15 is 0 Å². The molecule has 1 saturated heterocycles. The summed E-state index contributed by atoms with van der Waals surface area (Å²) >= 11 is 0. The van der Waals surface area contributed by atoms with E-state index in [1.54, 1.807) is 0 Å². The van der Waals surface area contributed by atoms with Crippen LogP contribution in [-0.4, -0.2) is 18.5 Å². The molecule has 2 nitrogen and oxygen atoms in total. The lowest BCUT2D eigenvalue weighted by Crippen LogP contribution is -2.29. The van der Waals surface area contributed by atoms with Crippen LogP contribution in [0.4, 0.5) is 5.69 Å². The number of rotatable bonds is 1. The smallest absolute Gasteiger partial charge is 0.0351 e.